The van der Waals surface area contributed by atoms with Gasteiger partial charge in [-0.25, -0.2) is 4.98 Å². The van der Waals surface area contributed by atoms with E-state index in [0.29, 0.717) is 12.5 Å². The molecule has 0 saturated carbocycles. The van der Waals surface area contributed by atoms with Crippen molar-refractivity contribution in [2.75, 3.05) is 11.9 Å². The van der Waals surface area contributed by atoms with Crippen LogP contribution in [-0.2, 0) is 17.6 Å². The van der Waals surface area contributed by atoms with Crippen molar-refractivity contribution in [2.45, 2.75) is 57.4 Å². The van der Waals surface area contributed by atoms with E-state index in [1.165, 1.54) is 36.3 Å². The molecule has 2 aliphatic rings. The van der Waals surface area contributed by atoms with Crippen molar-refractivity contribution in [2.24, 2.45) is 0 Å². The summed E-state index contributed by atoms with van der Waals surface area (Å²) in [5.41, 5.74) is 1.22. The number of nitrogens with zero attached hydrogens (tertiary/aromatic N) is 1. The van der Waals surface area contributed by atoms with Gasteiger partial charge in [0.05, 0.1) is 5.69 Å². The number of rotatable bonds is 3. The summed E-state index contributed by atoms with van der Waals surface area (Å²) in [7, 11) is 0. The number of thiazole rings is 1. The van der Waals surface area contributed by atoms with E-state index in [2.05, 4.69) is 15.6 Å². The van der Waals surface area contributed by atoms with Crippen LogP contribution in [-0.4, -0.2) is 23.5 Å². The van der Waals surface area contributed by atoms with Crippen molar-refractivity contribution in [3.63, 3.8) is 0 Å². The fourth-order valence-corrected chi connectivity index (χ4v) is 3.97. The van der Waals surface area contributed by atoms with Gasteiger partial charge in [0.25, 0.3) is 0 Å². The van der Waals surface area contributed by atoms with Gasteiger partial charge in [0.2, 0.25) is 5.91 Å². The van der Waals surface area contributed by atoms with Gasteiger partial charge in [-0.1, -0.05) is 6.42 Å². The molecule has 0 aromatic carbocycles. The van der Waals surface area contributed by atoms with Gasteiger partial charge in [-0.2, -0.15) is 0 Å². The van der Waals surface area contributed by atoms with Gasteiger partial charge < -0.3 is 10.6 Å². The zero-order valence-electron chi connectivity index (χ0n) is 11.6. The summed E-state index contributed by atoms with van der Waals surface area (Å²) in [4.78, 5) is 17.9. The number of nitrogens with one attached hydrogen (secondary N) is 2. The predicted molar refractivity (Wildman–Crippen MR) is 84.9 cm³/mol. The van der Waals surface area contributed by atoms with E-state index in [1.54, 1.807) is 11.3 Å². The van der Waals surface area contributed by atoms with Crippen LogP contribution in [0.4, 0.5) is 5.13 Å². The molecular weight excluding hydrogens is 294 g/mol. The first kappa shape index (κ1) is 15.7. The maximum atomic E-state index is 12.0. The second kappa shape index (κ2) is 7.38. The summed E-state index contributed by atoms with van der Waals surface area (Å²) in [6.45, 7) is 1.05. The molecule has 1 aliphatic carbocycles. The van der Waals surface area contributed by atoms with E-state index < -0.39 is 0 Å². The Morgan fingerprint density at radius 1 is 1.30 bits per heavy atom. The van der Waals surface area contributed by atoms with Crippen LogP contribution < -0.4 is 10.6 Å². The first-order chi connectivity index (χ1) is 9.31. The number of carbonyl (C=O) groups excluding carboxylic acids is 1. The van der Waals surface area contributed by atoms with Gasteiger partial charge in [0.1, 0.15) is 0 Å². The van der Waals surface area contributed by atoms with Crippen molar-refractivity contribution in [3.05, 3.63) is 10.6 Å². The number of aromatic nitrogens is 1. The largest absolute Gasteiger partial charge is 0.313 e. The maximum Gasteiger partial charge on any atom is 0.227 e. The predicted octanol–water partition coefficient (Wildman–Crippen LogP) is 2.91. The Hall–Kier alpha value is -0.650. The highest BCUT2D eigenvalue weighted by Crippen LogP contribution is 2.29. The Bertz CT molecular complexity index is 434. The van der Waals surface area contributed by atoms with Crippen LogP contribution in [0.1, 0.15) is 49.1 Å². The molecule has 2 heterocycles. The van der Waals surface area contributed by atoms with Gasteiger partial charge in [-0.3, -0.25) is 4.79 Å². The number of amides is 1. The first-order valence-corrected chi connectivity index (χ1v) is 8.15. The molecule has 0 radical (unpaired) electrons. The third-order valence-corrected chi connectivity index (χ3v) is 5.01. The Balaban J connectivity index is 0.00000147. The summed E-state index contributed by atoms with van der Waals surface area (Å²) in [6, 6.07) is 0.359. The molecule has 4 nitrogen and oxygen atoms in total. The van der Waals surface area contributed by atoms with Crippen molar-refractivity contribution < 1.29 is 4.79 Å². The molecule has 3 rings (SSSR count). The van der Waals surface area contributed by atoms with E-state index in [9.17, 15) is 4.79 Å². The molecular formula is C14H22ClN3OS. The van der Waals surface area contributed by atoms with E-state index in [-0.39, 0.29) is 18.3 Å². The third-order valence-electron chi connectivity index (χ3n) is 3.94. The highest BCUT2D eigenvalue weighted by atomic mass is 35.5. The normalized spacial score (nSPS) is 21.7. The molecule has 20 heavy (non-hydrogen) atoms. The number of anilines is 1. The van der Waals surface area contributed by atoms with E-state index in [4.69, 9.17) is 0 Å². The van der Waals surface area contributed by atoms with Crippen LogP contribution in [0.5, 0.6) is 0 Å². The van der Waals surface area contributed by atoms with E-state index >= 15 is 0 Å². The van der Waals surface area contributed by atoms with Crippen LogP contribution in [0.25, 0.3) is 0 Å². The van der Waals surface area contributed by atoms with Crippen LogP contribution in [0, 0.1) is 0 Å². The molecule has 112 valence electrons. The monoisotopic (exact) mass is 315 g/mol. The molecule has 1 unspecified atom stereocenters. The summed E-state index contributed by atoms with van der Waals surface area (Å²) in [5.74, 6) is 0.100. The molecule has 6 heteroatoms. The number of carbonyl (C=O) groups is 1. The Morgan fingerprint density at radius 3 is 2.95 bits per heavy atom. The summed E-state index contributed by atoms with van der Waals surface area (Å²) in [5, 5.41) is 7.13. The number of aryl methyl sites for hydroxylation is 2. The van der Waals surface area contributed by atoms with Gasteiger partial charge in [-0.05, 0) is 45.1 Å². The molecule has 1 aliphatic heterocycles. The Morgan fingerprint density at radius 2 is 2.15 bits per heavy atom. The topological polar surface area (TPSA) is 54.0 Å². The molecule has 1 aromatic heterocycles. The van der Waals surface area contributed by atoms with Crippen molar-refractivity contribution in [1.82, 2.24) is 10.3 Å². The van der Waals surface area contributed by atoms with Crippen LogP contribution in [0.15, 0.2) is 0 Å². The van der Waals surface area contributed by atoms with Crippen molar-refractivity contribution >= 4 is 34.8 Å². The minimum Gasteiger partial charge on any atom is -0.313 e. The highest BCUT2D eigenvalue weighted by molar-refractivity contribution is 7.15. The second-order valence-electron chi connectivity index (χ2n) is 5.50. The summed E-state index contributed by atoms with van der Waals surface area (Å²) >= 11 is 1.67. The molecule has 1 aromatic rings. The summed E-state index contributed by atoms with van der Waals surface area (Å²) in [6.07, 6.45) is 8.87. The molecule has 2 N–H and O–H groups in total. The lowest BCUT2D eigenvalue weighted by atomic mass is 10.1. The SMILES string of the molecule is Cl.O=C(CC1CCCN1)Nc1nc2c(s1)CCCCC2. The lowest BCUT2D eigenvalue weighted by Gasteiger charge is -2.08. The highest BCUT2D eigenvalue weighted by Gasteiger charge is 2.19. The zero-order chi connectivity index (χ0) is 13.1. The number of halogens is 1. The van der Waals surface area contributed by atoms with E-state index in [1.807, 2.05) is 0 Å². The smallest absolute Gasteiger partial charge is 0.227 e. The van der Waals surface area contributed by atoms with Crippen LogP contribution in [0.3, 0.4) is 0 Å². The van der Waals surface area contributed by atoms with Gasteiger partial charge >= 0.3 is 0 Å². The fraction of sp³-hybridized carbons (Fsp3) is 0.714. The Labute approximate surface area is 130 Å². The number of fused-ring (bicyclic) bond motifs is 1. The third kappa shape index (κ3) is 3.93. The van der Waals surface area contributed by atoms with Crippen LogP contribution in [0.2, 0.25) is 0 Å². The molecule has 1 amide bonds. The van der Waals surface area contributed by atoms with Gasteiger partial charge in [0, 0.05) is 17.3 Å². The van der Waals surface area contributed by atoms with Gasteiger partial charge in [0.15, 0.2) is 5.13 Å². The minimum atomic E-state index is 0. The summed E-state index contributed by atoms with van der Waals surface area (Å²) < 4.78 is 0. The van der Waals surface area contributed by atoms with Crippen molar-refractivity contribution in [1.29, 1.82) is 0 Å². The number of hydrogen-bond acceptors (Lipinski definition) is 4. The van der Waals surface area contributed by atoms with E-state index in [0.717, 1.165) is 30.9 Å². The average molecular weight is 316 g/mol. The molecule has 0 bridgehead atoms. The van der Waals surface area contributed by atoms with Gasteiger partial charge in [-0.15, -0.1) is 23.7 Å². The molecule has 0 spiro atoms. The lowest BCUT2D eigenvalue weighted by molar-refractivity contribution is -0.116. The second-order valence-corrected chi connectivity index (χ2v) is 6.58. The Kier molecular flexibility index (Phi) is 5.81. The standard InChI is InChI=1S/C14H21N3OS.ClH/c18-13(9-10-5-4-8-15-10)17-14-16-11-6-2-1-3-7-12(11)19-14;/h10,15H,1-9H2,(H,16,17,18);1H. The fourth-order valence-electron chi connectivity index (χ4n) is 2.91. The first-order valence-electron chi connectivity index (χ1n) is 7.33. The molecule has 1 saturated heterocycles. The lowest BCUT2D eigenvalue weighted by Crippen LogP contribution is -2.27. The maximum absolute atomic E-state index is 12.0. The molecule has 1 atom stereocenters. The van der Waals surface area contributed by atoms with Crippen molar-refractivity contribution in [3.8, 4) is 0 Å². The molecule has 1 fully saturated rings. The zero-order valence-corrected chi connectivity index (χ0v) is 13.2. The van der Waals surface area contributed by atoms with Crippen LogP contribution >= 0.6 is 23.7 Å². The quantitative estimate of drug-likeness (QED) is 0.843. The minimum absolute atomic E-state index is 0. The average Bonchev–Trinajstić information content (AvgIpc) is 2.95. The number of hydrogen-bond donors (Lipinski definition) is 2.